The molecule has 118 valence electrons. The van der Waals surface area contributed by atoms with E-state index in [1.54, 1.807) is 6.07 Å². The predicted octanol–water partition coefficient (Wildman–Crippen LogP) is 4.86. The van der Waals surface area contributed by atoms with Crippen LogP contribution in [0.2, 0.25) is 5.02 Å². The summed E-state index contributed by atoms with van der Waals surface area (Å²) in [6.07, 6.45) is 3.91. The second-order valence-corrected chi connectivity index (χ2v) is 5.79. The van der Waals surface area contributed by atoms with Gasteiger partial charge in [0.2, 0.25) is 0 Å². The molecule has 1 amide bonds. The van der Waals surface area contributed by atoms with Crippen molar-refractivity contribution < 1.29 is 4.79 Å². The Kier molecular flexibility index (Phi) is 7.03. The van der Waals surface area contributed by atoms with E-state index >= 15 is 0 Å². The van der Waals surface area contributed by atoms with Crippen molar-refractivity contribution in [1.29, 1.82) is 0 Å². The van der Waals surface area contributed by atoms with Crippen molar-refractivity contribution in [3.63, 3.8) is 0 Å². The van der Waals surface area contributed by atoms with Crippen LogP contribution in [0.4, 0.5) is 5.69 Å². The van der Waals surface area contributed by atoms with E-state index in [0.717, 1.165) is 31.4 Å². The van der Waals surface area contributed by atoms with Gasteiger partial charge in [0.1, 0.15) is 0 Å². The maximum absolute atomic E-state index is 12.4. The number of carbonyl (C=O) groups excluding carboxylic acids is 1. The minimum absolute atomic E-state index is 0.00443. The molecule has 0 aromatic heterocycles. The SMILES string of the molecule is CCCNC(=O)c1c(Cl)cccc1NC(CC)(CC)CC. The molecular weight excluding hydrogens is 284 g/mol. The first-order valence-electron chi connectivity index (χ1n) is 7.88. The number of halogens is 1. The Balaban J connectivity index is 3.12. The highest BCUT2D eigenvalue weighted by atomic mass is 35.5. The normalized spacial score (nSPS) is 11.3. The molecule has 1 aromatic rings. The highest BCUT2D eigenvalue weighted by Crippen LogP contribution is 2.31. The van der Waals surface area contributed by atoms with Crippen LogP contribution in [0.1, 0.15) is 63.7 Å². The molecule has 2 N–H and O–H groups in total. The van der Waals surface area contributed by atoms with E-state index in [1.807, 2.05) is 19.1 Å². The largest absolute Gasteiger partial charge is 0.379 e. The summed E-state index contributed by atoms with van der Waals surface area (Å²) < 4.78 is 0. The molecule has 0 saturated heterocycles. The molecule has 0 bridgehead atoms. The molecule has 1 rings (SSSR count). The average molecular weight is 311 g/mol. The summed E-state index contributed by atoms with van der Waals surface area (Å²) in [4.78, 5) is 12.4. The monoisotopic (exact) mass is 310 g/mol. The minimum atomic E-state index is -0.109. The summed E-state index contributed by atoms with van der Waals surface area (Å²) in [6.45, 7) is 9.19. The Morgan fingerprint density at radius 3 is 2.29 bits per heavy atom. The number of nitrogens with one attached hydrogen (secondary N) is 2. The van der Waals surface area contributed by atoms with Crippen LogP contribution in [0.3, 0.4) is 0 Å². The topological polar surface area (TPSA) is 41.1 Å². The summed E-state index contributed by atoms with van der Waals surface area (Å²) in [7, 11) is 0. The van der Waals surface area contributed by atoms with Gasteiger partial charge in [0.05, 0.1) is 10.6 Å². The van der Waals surface area contributed by atoms with E-state index in [1.165, 1.54) is 0 Å². The van der Waals surface area contributed by atoms with Crippen molar-refractivity contribution in [3.8, 4) is 0 Å². The summed E-state index contributed by atoms with van der Waals surface area (Å²) in [5, 5.41) is 6.96. The van der Waals surface area contributed by atoms with Gasteiger partial charge in [-0.3, -0.25) is 4.79 Å². The Bertz CT molecular complexity index is 462. The zero-order chi connectivity index (χ0) is 15.9. The third-order valence-electron chi connectivity index (χ3n) is 4.21. The molecule has 0 heterocycles. The van der Waals surface area contributed by atoms with Gasteiger partial charge in [-0.1, -0.05) is 45.4 Å². The Morgan fingerprint density at radius 1 is 1.14 bits per heavy atom. The van der Waals surface area contributed by atoms with Crippen molar-refractivity contribution in [2.75, 3.05) is 11.9 Å². The fourth-order valence-corrected chi connectivity index (χ4v) is 2.75. The van der Waals surface area contributed by atoms with Crippen LogP contribution in [0.15, 0.2) is 18.2 Å². The van der Waals surface area contributed by atoms with Crippen LogP contribution in [-0.4, -0.2) is 18.0 Å². The van der Waals surface area contributed by atoms with Gasteiger partial charge in [-0.05, 0) is 37.8 Å². The molecule has 0 aliphatic rings. The quantitative estimate of drug-likeness (QED) is 0.720. The van der Waals surface area contributed by atoms with Gasteiger partial charge in [0.15, 0.2) is 0 Å². The third-order valence-corrected chi connectivity index (χ3v) is 4.52. The van der Waals surface area contributed by atoms with Crippen LogP contribution in [0, 0.1) is 0 Å². The Hall–Kier alpha value is -1.22. The molecule has 0 saturated carbocycles. The highest BCUT2D eigenvalue weighted by molar-refractivity contribution is 6.34. The molecule has 0 radical (unpaired) electrons. The van der Waals surface area contributed by atoms with Gasteiger partial charge >= 0.3 is 0 Å². The van der Waals surface area contributed by atoms with Crippen molar-refractivity contribution in [2.45, 2.75) is 58.9 Å². The Morgan fingerprint density at radius 2 is 1.76 bits per heavy atom. The van der Waals surface area contributed by atoms with Crippen LogP contribution in [0.25, 0.3) is 0 Å². The minimum Gasteiger partial charge on any atom is -0.379 e. The number of hydrogen-bond donors (Lipinski definition) is 2. The molecule has 0 atom stereocenters. The van der Waals surface area contributed by atoms with E-state index in [2.05, 4.69) is 31.4 Å². The molecule has 0 unspecified atom stereocenters. The van der Waals surface area contributed by atoms with Gasteiger partial charge < -0.3 is 10.6 Å². The number of rotatable bonds is 8. The smallest absolute Gasteiger partial charge is 0.254 e. The predicted molar refractivity (Wildman–Crippen MR) is 91.3 cm³/mol. The summed E-state index contributed by atoms with van der Waals surface area (Å²) in [5.41, 5.74) is 1.37. The number of hydrogen-bond acceptors (Lipinski definition) is 2. The van der Waals surface area contributed by atoms with Crippen molar-refractivity contribution >= 4 is 23.2 Å². The van der Waals surface area contributed by atoms with E-state index in [4.69, 9.17) is 11.6 Å². The van der Waals surface area contributed by atoms with Gasteiger partial charge in [0, 0.05) is 17.8 Å². The van der Waals surface area contributed by atoms with Crippen LogP contribution < -0.4 is 10.6 Å². The third kappa shape index (κ3) is 4.37. The summed E-state index contributed by atoms with van der Waals surface area (Å²) in [6, 6.07) is 5.58. The second kappa shape index (κ2) is 8.28. The zero-order valence-corrected chi connectivity index (χ0v) is 14.3. The Labute approximate surface area is 133 Å². The zero-order valence-electron chi connectivity index (χ0n) is 13.6. The molecule has 4 heteroatoms. The lowest BCUT2D eigenvalue weighted by molar-refractivity contribution is 0.0954. The molecule has 21 heavy (non-hydrogen) atoms. The van der Waals surface area contributed by atoms with E-state index in [-0.39, 0.29) is 11.4 Å². The van der Waals surface area contributed by atoms with E-state index in [0.29, 0.717) is 17.1 Å². The van der Waals surface area contributed by atoms with Crippen molar-refractivity contribution in [1.82, 2.24) is 5.32 Å². The number of benzene rings is 1. The lowest BCUT2D eigenvalue weighted by Gasteiger charge is -2.34. The number of anilines is 1. The summed E-state index contributed by atoms with van der Waals surface area (Å²) >= 11 is 6.26. The maximum Gasteiger partial charge on any atom is 0.254 e. The molecule has 3 nitrogen and oxygen atoms in total. The van der Waals surface area contributed by atoms with Crippen molar-refractivity contribution in [2.24, 2.45) is 0 Å². The standard InChI is InChI=1S/C17H27ClN2O/c1-5-12-19-16(21)15-13(18)10-9-11-14(15)20-17(6-2,7-3)8-4/h9-11,20H,5-8,12H2,1-4H3,(H,19,21). The first kappa shape index (κ1) is 17.8. The van der Waals surface area contributed by atoms with Crippen LogP contribution in [0.5, 0.6) is 0 Å². The van der Waals surface area contributed by atoms with Crippen molar-refractivity contribution in [3.05, 3.63) is 28.8 Å². The first-order chi connectivity index (χ1) is 10.0. The molecular formula is C17H27ClN2O. The lowest BCUT2D eigenvalue weighted by Crippen LogP contribution is -2.37. The maximum atomic E-state index is 12.4. The van der Waals surface area contributed by atoms with E-state index < -0.39 is 0 Å². The lowest BCUT2D eigenvalue weighted by atomic mass is 9.89. The second-order valence-electron chi connectivity index (χ2n) is 5.38. The average Bonchev–Trinajstić information content (AvgIpc) is 2.50. The molecule has 0 spiro atoms. The molecule has 0 aliphatic carbocycles. The number of carbonyl (C=O) groups is 1. The van der Waals surface area contributed by atoms with Gasteiger partial charge in [-0.25, -0.2) is 0 Å². The fraction of sp³-hybridized carbons (Fsp3) is 0.588. The van der Waals surface area contributed by atoms with Gasteiger partial charge in [0.25, 0.3) is 5.91 Å². The summed E-state index contributed by atoms with van der Waals surface area (Å²) in [5.74, 6) is -0.109. The van der Waals surface area contributed by atoms with Gasteiger partial charge in [-0.2, -0.15) is 0 Å². The first-order valence-corrected chi connectivity index (χ1v) is 8.26. The fourth-order valence-electron chi connectivity index (χ4n) is 2.49. The molecule has 1 aromatic carbocycles. The molecule has 0 aliphatic heterocycles. The highest BCUT2D eigenvalue weighted by Gasteiger charge is 2.26. The van der Waals surface area contributed by atoms with Crippen LogP contribution in [-0.2, 0) is 0 Å². The van der Waals surface area contributed by atoms with E-state index in [9.17, 15) is 4.79 Å². The van der Waals surface area contributed by atoms with Crippen LogP contribution >= 0.6 is 11.6 Å². The number of amides is 1. The molecule has 0 fully saturated rings. The van der Waals surface area contributed by atoms with Gasteiger partial charge in [-0.15, -0.1) is 0 Å².